The number of esters is 1. The van der Waals surface area contributed by atoms with Crippen LogP contribution in [0.2, 0.25) is 0 Å². The van der Waals surface area contributed by atoms with Crippen LogP contribution in [0.25, 0.3) is 11.0 Å². The summed E-state index contributed by atoms with van der Waals surface area (Å²) in [6.45, 7) is -0.0340. The van der Waals surface area contributed by atoms with E-state index in [2.05, 4.69) is 37.2 Å². The van der Waals surface area contributed by atoms with Crippen molar-refractivity contribution in [2.45, 2.75) is 6.54 Å². The number of rotatable bonds is 7. The van der Waals surface area contributed by atoms with Gasteiger partial charge >= 0.3 is 11.6 Å². The Kier molecular flexibility index (Phi) is 7.44. The van der Waals surface area contributed by atoms with Gasteiger partial charge in [-0.3, -0.25) is 4.79 Å². The van der Waals surface area contributed by atoms with Crippen molar-refractivity contribution in [3.63, 3.8) is 0 Å². The van der Waals surface area contributed by atoms with Crippen LogP contribution in [0, 0.1) is 0 Å². The largest absolute Gasteiger partial charge is 0.481 e. The van der Waals surface area contributed by atoms with Gasteiger partial charge in [0.25, 0.3) is 5.91 Å². The van der Waals surface area contributed by atoms with Crippen molar-refractivity contribution in [3.8, 4) is 11.5 Å². The molecule has 3 aromatic carbocycles. The van der Waals surface area contributed by atoms with Gasteiger partial charge in [-0.15, -0.1) is 0 Å². The molecule has 0 saturated carbocycles. The SMILES string of the molecule is O=C(COc1ccc(Br)cc1Br)Oc1ccc2cc(C(=O)NCc3ccccc3)c(=O)oc2c1. The number of carbonyl (C=O) groups excluding carboxylic acids is 2. The van der Waals surface area contributed by atoms with Crippen LogP contribution < -0.4 is 20.4 Å². The Labute approximate surface area is 210 Å². The molecule has 1 heterocycles. The van der Waals surface area contributed by atoms with Crippen molar-refractivity contribution in [1.82, 2.24) is 5.32 Å². The lowest BCUT2D eigenvalue weighted by molar-refractivity contribution is -0.136. The van der Waals surface area contributed by atoms with E-state index >= 15 is 0 Å². The highest BCUT2D eigenvalue weighted by molar-refractivity contribution is 9.11. The maximum absolute atomic E-state index is 12.5. The van der Waals surface area contributed by atoms with Gasteiger partial charge in [0.15, 0.2) is 6.61 Å². The lowest BCUT2D eigenvalue weighted by atomic mass is 10.1. The highest BCUT2D eigenvalue weighted by atomic mass is 79.9. The molecule has 0 aliphatic carbocycles. The molecule has 7 nitrogen and oxygen atoms in total. The second kappa shape index (κ2) is 10.7. The fourth-order valence-corrected chi connectivity index (χ4v) is 4.24. The van der Waals surface area contributed by atoms with Crippen LogP contribution in [0.5, 0.6) is 11.5 Å². The Balaban J connectivity index is 1.42. The summed E-state index contributed by atoms with van der Waals surface area (Å²) in [5.74, 6) is -0.497. The maximum atomic E-state index is 12.5. The first-order chi connectivity index (χ1) is 16.4. The van der Waals surface area contributed by atoms with Crippen LogP contribution in [0.4, 0.5) is 0 Å². The summed E-state index contributed by atoms with van der Waals surface area (Å²) in [4.78, 5) is 37.0. The average Bonchev–Trinajstić information content (AvgIpc) is 2.82. The third kappa shape index (κ3) is 5.92. The zero-order chi connectivity index (χ0) is 24.1. The van der Waals surface area contributed by atoms with Crippen LogP contribution in [-0.2, 0) is 11.3 Å². The zero-order valence-corrected chi connectivity index (χ0v) is 20.7. The van der Waals surface area contributed by atoms with Crippen LogP contribution >= 0.6 is 31.9 Å². The minimum Gasteiger partial charge on any atom is -0.481 e. The molecule has 0 atom stereocenters. The molecule has 1 amide bonds. The number of halogens is 2. The van der Waals surface area contributed by atoms with Gasteiger partial charge in [0.2, 0.25) is 0 Å². The van der Waals surface area contributed by atoms with Crippen molar-refractivity contribution in [3.05, 3.63) is 103 Å². The zero-order valence-electron chi connectivity index (χ0n) is 17.5. The van der Waals surface area contributed by atoms with E-state index in [1.807, 2.05) is 30.3 Å². The molecule has 0 fully saturated rings. The quantitative estimate of drug-likeness (QED) is 0.181. The Morgan fingerprint density at radius 1 is 0.941 bits per heavy atom. The average molecular weight is 587 g/mol. The van der Waals surface area contributed by atoms with Crippen LogP contribution in [-0.4, -0.2) is 18.5 Å². The Hall–Kier alpha value is -3.43. The molecule has 172 valence electrons. The second-order valence-electron chi connectivity index (χ2n) is 7.15. The molecule has 0 spiro atoms. The van der Waals surface area contributed by atoms with Crippen molar-refractivity contribution in [2.75, 3.05) is 6.61 Å². The van der Waals surface area contributed by atoms with Gasteiger partial charge in [-0.25, -0.2) is 9.59 Å². The number of hydrogen-bond acceptors (Lipinski definition) is 6. The minimum absolute atomic E-state index is 0.110. The molecular weight excluding hydrogens is 570 g/mol. The summed E-state index contributed by atoms with van der Waals surface area (Å²) >= 11 is 6.70. The van der Waals surface area contributed by atoms with Gasteiger partial charge < -0.3 is 19.2 Å². The molecular formula is C25H17Br2NO6. The summed E-state index contributed by atoms with van der Waals surface area (Å²) in [6, 6.07) is 20.6. The van der Waals surface area contributed by atoms with E-state index in [1.54, 1.807) is 30.3 Å². The third-order valence-electron chi connectivity index (χ3n) is 4.72. The van der Waals surface area contributed by atoms with E-state index in [0.717, 1.165) is 10.0 Å². The van der Waals surface area contributed by atoms with Crippen molar-refractivity contribution in [2.24, 2.45) is 0 Å². The molecule has 0 saturated heterocycles. The van der Waals surface area contributed by atoms with Gasteiger partial charge in [-0.2, -0.15) is 0 Å². The highest BCUT2D eigenvalue weighted by Gasteiger charge is 2.15. The molecule has 4 aromatic rings. The standard InChI is InChI=1S/C25H17Br2NO6/c26-17-7-9-21(20(27)11-17)32-14-23(29)33-18-8-6-16-10-19(25(31)34-22(16)12-18)24(30)28-13-15-4-2-1-3-5-15/h1-12H,13-14H2,(H,28,30). The van der Waals surface area contributed by atoms with Gasteiger partial charge in [-0.1, -0.05) is 46.3 Å². The van der Waals surface area contributed by atoms with Crippen LogP contribution in [0.1, 0.15) is 15.9 Å². The number of ether oxygens (including phenoxy) is 2. The first-order valence-corrected chi connectivity index (χ1v) is 11.7. The lowest BCUT2D eigenvalue weighted by Gasteiger charge is -2.09. The number of fused-ring (bicyclic) bond motifs is 1. The number of amides is 1. The number of hydrogen-bond donors (Lipinski definition) is 1. The first-order valence-electron chi connectivity index (χ1n) is 10.1. The smallest absolute Gasteiger partial charge is 0.349 e. The summed E-state index contributed by atoms with van der Waals surface area (Å²) in [6.07, 6.45) is 0. The van der Waals surface area contributed by atoms with Crippen molar-refractivity contribution >= 4 is 54.7 Å². The number of nitrogens with one attached hydrogen (secondary N) is 1. The molecule has 34 heavy (non-hydrogen) atoms. The molecule has 9 heteroatoms. The summed E-state index contributed by atoms with van der Waals surface area (Å²) < 4.78 is 17.6. The van der Waals surface area contributed by atoms with Crippen LogP contribution in [0.3, 0.4) is 0 Å². The maximum Gasteiger partial charge on any atom is 0.349 e. The van der Waals surface area contributed by atoms with Gasteiger partial charge in [0.05, 0.1) is 4.47 Å². The highest BCUT2D eigenvalue weighted by Crippen LogP contribution is 2.28. The number of benzene rings is 3. The van der Waals surface area contributed by atoms with E-state index in [4.69, 9.17) is 13.9 Å². The van der Waals surface area contributed by atoms with Gasteiger partial charge in [0, 0.05) is 22.5 Å². The summed E-state index contributed by atoms with van der Waals surface area (Å²) in [5, 5.41) is 3.22. The molecule has 4 rings (SSSR count). The normalized spacial score (nSPS) is 10.6. The minimum atomic E-state index is -0.787. The van der Waals surface area contributed by atoms with Crippen molar-refractivity contribution < 1.29 is 23.5 Å². The molecule has 1 aromatic heterocycles. The number of carbonyl (C=O) groups is 2. The van der Waals surface area contributed by atoms with E-state index in [9.17, 15) is 14.4 Å². The fourth-order valence-electron chi connectivity index (χ4n) is 3.08. The topological polar surface area (TPSA) is 94.8 Å². The van der Waals surface area contributed by atoms with E-state index in [-0.39, 0.29) is 30.0 Å². The Bertz CT molecular complexity index is 1420. The monoisotopic (exact) mass is 585 g/mol. The third-order valence-corrected chi connectivity index (χ3v) is 5.83. The van der Waals surface area contributed by atoms with E-state index < -0.39 is 17.5 Å². The Morgan fingerprint density at radius 3 is 2.50 bits per heavy atom. The predicted molar refractivity (Wildman–Crippen MR) is 133 cm³/mol. The summed E-state index contributed by atoms with van der Waals surface area (Å²) in [7, 11) is 0. The molecule has 0 aliphatic heterocycles. The lowest BCUT2D eigenvalue weighted by Crippen LogP contribution is -2.27. The van der Waals surface area contributed by atoms with Crippen molar-refractivity contribution in [1.29, 1.82) is 0 Å². The van der Waals surface area contributed by atoms with E-state index in [1.165, 1.54) is 12.1 Å². The van der Waals surface area contributed by atoms with Gasteiger partial charge in [-0.05, 0) is 57.9 Å². The van der Waals surface area contributed by atoms with Crippen LogP contribution in [0.15, 0.2) is 91.0 Å². The van der Waals surface area contributed by atoms with E-state index in [0.29, 0.717) is 15.6 Å². The van der Waals surface area contributed by atoms with Gasteiger partial charge in [0.1, 0.15) is 22.6 Å². The molecule has 0 unspecified atom stereocenters. The molecule has 1 N–H and O–H groups in total. The second-order valence-corrected chi connectivity index (χ2v) is 8.92. The molecule has 0 aliphatic rings. The molecule has 0 bridgehead atoms. The predicted octanol–water partition coefficient (Wildman–Crippen LogP) is 5.23. The first kappa shape index (κ1) is 23.7. The summed E-state index contributed by atoms with van der Waals surface area (Å²) in [5.41, 5.74) is 0.196. The fraction of sp³-hybridized carbons (Fsp3) is 0.0800. The Morgan fingerprint density at radius 2 is 1.74 bits per heavy atom. The molecule has 0 radical (unpaired) electrons.